The minimum absolute atomic E-state index is 0.700. The molecule has 10 fully saturated rings. The first-order chi connectivity index (χ1) is 5.55. The Labute approximate surface area is 57.8 Å². The first-order valence-corrected chi connectivity index (χ1v) is 20.7. The number of hydrogen-bond acceptors (Lipinski definition) is 0. The number of alkyl halides is 1. The van der Waals surface area contributed by atoms with Crippen LogP contribution in [0.15, 0.2) is 0 Å². The van der Waals surface area contributed by atoms with Gasteiger partial charge in [0, 0.05) is 0 Å². The van der Waals surface area contributed by atoms with Crippen molar-refractivity contribution in [1.29, 1.82) is 0 Å². The molecule has 0 saturated carbocycles. The molecule has 0 aliphatic carbocycles. The maximum atomic E-state index is 7.10. The second-order valence-electron chi connectivity index (χ2n) is 12.7. The molecule has 10 aliphatic heterocycles. The van der Waals surface area contributed by atoms with Gasteiger partial charge in [-0.3, -0.25) is 0 Å². The number of halogens is 1. The zero-order valence-electron chi connectivity index (χ0n) is 6.57. The van der Waals surface area contributed by atoms with Crippen molar-refractivity contribution in [2.45, 2.75) is 35.2 Å². The van der Waals surface area contributed by atoms with E-state index >= 15 is 0 Å². The molecule has 4 unspecified atom stereocenters. The fraction of sp³-hybridized carbons (Fsp3) is 1.00. The van der Waals surface area contributed by atoms with Crippen molar-refractivity contribution in [3.05, 3.63) is 0 Å². The molecule has 10 heterocycles. The van der Waals surface area contributed by atoms with Crippen LogP contribution in [0.25, 0.3) is 0 Å². The molecule has 10 aliphatic rings. The summed E-state index contributed by atoms with van der Waals surface area (Å²) in [5.74, 6) is 0. The third kappa shape index (κ3) is 0.0252. The molecule has 0 radical (unpaired) electrons. The van der Waals surface area contributed by atoms with Crippen molar-refractivity contribution in [1.82, 2.24) is 0 Å². The molecule has 2 heteroatoms. The minimum atomic E-state index is -3.18. The molecule has 10 rings (SSSR count). The molecule has 0 aromatic rings. The zero-order chi connectivity index (χ0) is 7.01. The average molecular weight is 256 g/mol. The van der Waals surface area contributed by atoms with Gasteiger partial charge in [-0.05, 0) is 0 Å². The van der Waals surface area contributed by atoms with Crippen LogP contribution in [0.4, 0.5) is 0 Å². The van der Waals surface area contributed by atoms with Gasteiger partial charge >= 0.3 is 58.2 Å². The van der Waals surface area contributed by atoms with Crippen molar-refractivity contribution < 1.29 is 11.4 Å². The van der Waals surface area contributed by atoms with Gasteiger partial charge in [0.15, 0.2) is 0 Å². The van der Waals surface area contributed by atoms with Crippen LogP contribution in [0.1, 0.15) is 0 Å². The monoisotopic (exact) mass is 254 g/mol. The van der Waals surface area contributed by atoms with E-state index in [2.05, 4.69) is 0 Å². The molecule has 0 bridgehead atoms. The van der Waals surface area contributed by atoms with Gasteiger partial charge in [0.2, 0.25) is 0 Å². The third-order valence-corrected chi connectivity index (χ3v) is 120. The second kappa shape index (κ2) is 0.242. The van der Waals surface area contributed by atoms with Gasteiger partial charge in [-0.15, -0.1) is 0 Å². The van der Waals surface area contributed by atoms with Crippen LogP contribution < -0.4 is 0 Å². The van der Waals surface area contributed by atoms with Crippen LogP contribution in [0.2, 0.25) is 32.6 Å². The summed E-state index contributed by atoms with van der Waals surface area (Å²) < 4.78 is 13.6. The number of rotatable bonds is 0. The van der Waals surface area contributed by atoms with Gasteiger partial charge in [0.25, 0.3) is 0 Å². The first-order valence-electron chi connectivity index (χ1n) is 6.28. The summed E-state index contributed by atoms with van der Waals surface area (Å²) >= 11 is 3.92. The van der Waals surface area contributed by atoms with E-state index in [0.717, 1.165) is 0 Å². The molecular formula is C10H9ClZr. The fourth-order valence-corrected chi connectivity index (χ4v) is 255. The summed E-state index contributed by atoms with van der Waals surface area (Å²) in [5, 5.41) is 0. The molecule has 10 saturated heterocycles. The van der Waals surface area contributed by atoms with E-state index < -0.39 is 11.4 Å². The Kier molecular flexibility index (Phi) is 0.0802. The quantitative estimate of drug-likeness (QED) is 0.581. The van der Waals surface area contributed by atoms with Gasteiger partial charge in [0.05, 0.1) is 0 Å². The summed E-state index contributed by atoms with van der Waals surface area (Å²) in [5.41, 5.74) is 0. The van der Waals surface area contributed by atoms with E-state index in [4.69, 9.17) is 11.6 Å². The Morgan fingerprint density at radius 1 is 0.750 bits per heavy atom. The Morgan fingerprint density at radius 2 is 1.17 bits per heavy atom. The van der Waals surface area contributed by atoms with Crippen LogP contribution in [0.3, 0.4) is 0 Å². The Bertz CT molecular complexity index is 755. The van der Waals surface area contributed by atoms with Crippen LogP contribution >= 0.6 is 11.6 Å². The van der Waals surface area contributed by atoms with Gasteiger partial charge in [-0.2, -0.15) is 0 Å². The van der Waals surface area contributed by atoms with E-state index in [1.807, 2.05) is 0 Å². The second-order valence-corrected chi connectivity index (χ2v) is 66.6. The fourth-order valence-electron chi connectivity index (χ4n) is 23.2. The van der Waals surface area contributed by atoms with E-state index in [0.29, 0.717) is 2.58 Å². The molecule has 0 aromatic heterocycles. The van der Waals surface area contributed by atoms with Crippen molar-refractivity contribution >= 4 is 11.6 Å². The van der Waals surface area contributed by atoms with Crippen LogP contribution in [-0.4, -0.2) is 2.58 Å². The topological polar surface area (TPSA) is 0 Å². The van der Waals surface area contributed by atoms with Crippen LogP contribution in [0.5, 0.6) is 0 Å². The average Bonchev–Trinajstić information content (AvgIpc) is 2.97. The SMILES string of the molecule is Cl[C]12[CH]3[CH]4[CH]5[CH]1[Zr]45321678[CH]2[CH]1[CH]6[CH]7[CH]28. The van der Waals surface area contributed by atoms with Gasteiger partial charge in [-0.1, -0.05) is 0 Å². The Hall–Kier alpha value is 1.17. The van der Waals surface area contributed by atoms with Crippen molar-refractivity contribution in [2.75, 3.05) is 0 Å². The predicted octanol–water partition coefficient (Wildman–Crippen LogP) is 3.52. The molecule has 0 N–H and O–H groups in total. The molecule has 60 valence electrons. The van der Waals surface area contributed by atoms with Crippen molar-refractivity contribution in [3.63, 3.8) is 0 Å². The predicted molar refractivity (Wildman–Crippen MR) is 42.3 cm³/mol. The number of fused-ring (bicyclic) bond motifs is 10. The van der Waals surface area contributed by atoms with Crippen molar-refractivity contribution in [2.24, 2.45) is 0 Å². The van der Waals surface area contributed by atoms with Crippen LogP contribution in [0, 0.1) is 0 Å². The summed E-state index contributed by atoms with van der Waals surface area (Å²) in [6, 6.07) is 0. The van der Waals surface area contributed by atoms with Gasteiger partial charge in [0.1, 0.15) is 0 Å². The molecule has 4 atom stereocenters. The summed E-state index contributed by atoms with van der Waals surface area (Å²) in [4.78, 5) is 0. The summed E-state index contributed by atoms with van der Waals surface area (Å²) in [6.45, 7) is 0. The van der Waals surface area contributed by atoms with Gasteiger partial charge in [-0.25, -0.2) is 0 Å². The number of hydrogen-bond donors (Lipinski definition) is 0. The van der Waals surface area contributed by atoms with E-state index in [-0.39, 0.29) is 0 Å². The standard InChI is InChI=1S/C5H4Cl.C5H5.Zr/c6-5-3-1-2-4-5;1-2-4-5-3-1;/h1-4H;1-5H;. The molecule has 0 aromatic carbocycles. The third-order valence-electron chi connectivity index (χ3n) is 20.0. The summed E-state index contributed by atoms with van der Waals surface area (Å²) in [6.07, 6.45) is 0. The molecule has 0 nitrogen and oxygen atoms in total. The summed E-state index contributed by atoms with van der Waals surface area (Å²) in [7, 11) is 0. The first kappa shape index (κ1) is 3.97. The Morgan fingerprint density at radius 3 is 1.17 bits per heavy atom. The Balaban J connectivity index is 2.31. The van der Waals surface area contributed by atoms with Crippen LogP contribution in [-0.2, 0) is 11.4 Å². The van der Waals surface area contributed by atoms with E-state index in [9.17, 15) is 0 Å². The molecule has 1 spiro atoms. The van der Waals surface area contributed by atoms with Gasteiger partial charge < -0.3 is 0 Å². The van der Waals surface area contributed by atoms with E-state index in [1.165, 1.54) is 32.6 Å². The van der Waals surface area contributed by atoms with E-state index in [1.54, 1.807) is 0 Å². The molecular weight excluding hydrogens is 247 g/mol. The normalized spacial score (nSPS) is 164. The molecule has 12 heavy (non-hydrogen) atoms. The molecule has 0 amide bonds. The van der Waals surface area contributed by atoms with Crippen molar-refractivity contribution in [3.8, 4) is 0 Å². The zero-order valence-corrected chi connectivity index (χ0v) is 9.79. The maximum absolute atomic E-state index is 7.10.